The fourth-order valence-corrected chi connectivity index (χ4v) is 1.76. The van der Waals surface area contributed by atoms with Crippen LogP contribution in [0.25, 0.3) is 6.08 Å². The molecule has 1 N–H and O–H groups in total. The third kappa shape index (κ3) is 2.94. The number of carbonyl (C=O) groups is 1. The second-order valence-corrected chi connectivity index (χ2v) is 3.84. The fraction of sp³-hybridized carbons (Fsp3) is 0.308. The first-order valence-electron chi connectivity index (χ1n) is 5.40. The second-order valence-electron chi connectivity index (χ2n) is 3.84. The summed E-state index contributed by atoms with van der Waals surface area (Å²) in [5, 5.41) is 2.95. The SMILES string of the molecule is O=C1CCCC/C(=C/c2ccccc2)N1. The first kappa shape index (κ1) is 9.97. The lowest BCUT2D eigenvalue weighted by Gasteiger charge is -2.04. The quantitative estimate of drug-likeness (QED) is 0.743. The van der Waals surface area contributed by atoms with Crippen LogP contribution in [0.5, 0.6) is 0 Å². The van der Waals surface area contributed by atoms with Crippen LogP contribution in [-0.2, 0) is 4.79 Å². The number of benzene rings is 1. The summed E-state index contributed by atoms with van der Waals surface area (Å²) in [6.45, 7) is 0. The van der Waals surface area contributed by atoms with Crippen LogP contribution in [0.1, 0.15) is 31.2 Å². The average Bonchev–Trinajstić information content (AvgIpc) is 2.44. The largest absolute Gasteiger partial charge is 0.330 e. The summed E-state index contributed by atoms with van der Waals surface area (Å²) in [6, 6.07) is 10.1. The van der Waals surface area contributed by atoms with E-state index >= 15 is 0 Å². The van der Waals surface area contributed by atoms with Crippen molar-refractivity contribution >= 4 is 12.0 Å². The van der Waals surface area contributed by atoms with Crippen molar-refractivity contribution in [3.05, 3.63) is 41.6 Å². The maximum atomic E-state index is 11.3. The Labute approximate surface area is 90.0 Å². The Kier molecular flexibility index (Phi) is 3.18. The van der Waals surface area contributed by atoms with Gasteiger partial charge in [-0.2, -0.15) is 0 Å². The molecule has 0 bridgehead atoms. The Morgan fingerprint density at radius 2 is 1.80 bits per heavy atom. The van der Waals surface area contributed by atoms with Crippen molar-refractivity contribution in [1.29, 1.82) is 0 Å². The number of hydrogen-bond acceptors (Lipinski definition) is 1. The van der Waals surface area contributed by atoms with Gasteiger partial charge in [0.15, 0.2) is 0 Å². The number of amides is 1. The third-order valence-electron chi connectivity index (χ3n) is 2.54. The highest BCUT2D eigenvalue weighted by atomic mass is 16.1. The number of nitrogens with one attached hydrogen (secondary N) is 1. The normalized spacial score (nSPS) is 19.7. The molecule has 2 heteroatoms. The Bertz CT molecular complexity index is 367. The smallest absolute Gasteiger partial charge is 0.224 e. The molecule has 1 amide bonds. The van der Waals surface area contributed by atoms with Crippen molar-refractivity contribution < 1.29 is 4.79 Å². The zero-order valence-electron chi connectivity index (χ0n) is 8.70. The number of allylic oxidation sites excluding steroid dienone is 1. The number of carbonyl (C=O) groups excluding carboxylic acids is 1. The highest BCUT2D eigenvalue weighted by Gasteiger charge is 2.09. The van der Waals surface area contributed by atoms with E-state index < -0.39 is 0 Å². The van der Waals surface area contributed by atoms with Gasteiger partial charge in [0.1, 0.15) is 0 Å². The van der Waals surface area contributed by atoms with E-state index in [-0.39, 0.29) is 5.91 Å². The minimum atomic E-state index is 0.148. The molecular weight excluding hydrogens is 186 g/mol. The van der Waals surface area contributed by atoms with E-state index in [0.717, 1.165) is 30.5 Å². The van der Waals surface area contributed by atoms with E-state index in [1.165, 1.54) is 0 Å². The molecule has 1 aromatic carbocycles. The maximum Gasteiger partial charge on any atom is 0.224 e. The molecule has 0 aliphatic carbocycles. The molecular formula is C13H15NO. The van der Waals surface area contributed by atoms with Crippen molar-refractivity contribution in [3.8, 4) is 0 Å². The molecule has 2 rings (SSSR count). The summed E-state index contributed by atoms with van der Waals surface area (Å²) in [7, 11) is 0. The zero-order valence-corrected chi connectivity index (χ0v) is 8.70. The highest BCUT2D eigenvalue weighted by molar-refractivity contribution is 5.79. The predicted octanol–water partition coefficient (Wildman–Crippen LogP) is 2.72. The van der Waals surface area contributed by atoms with Gasteiger partial charge in [-0.3, -0.25) is 4.79 Å². The van der Waals surface area contributed by atoms with Crippen LogP contribution in [-0.4, -0.2) is 5.91 Å². The molecule has 1 fully saturated rings. The van der Waals surface area contributed by atoms with E-state index in [0.29, 0.717) is 6.42 Å². The molecule has 78 valence electrons. The van der Waals surface area contributed by atoms with Gasteiger partial charge in [-0.15, -0.1) is 0 Å². The molecule has 1 saturated heterocycles. The fourth-order valence-electron chi connectivity index (χ4n) is 1.76. The summed E-state index contributed by atoms with van der Waals surface area (Å²) < 4.78 is 0. The summed E-state index contributed by atoms with van der Waals surface area (Å²) in [4.78, 5) is 11.3. The van der Waals surface area contributed by atoms with Crippen LogP contribution in [0.3, 0.4) is 0 Å². The number of hydrogen-bond donors (Lipinski definition) is 1. The molecule has 0 spiro atoms. The molecule has 1 aliphatic rings. The molecule has 1 aromatic rings. The van der Waals surface area contributed by atoms with Gasteiger partial charge in [-0.1, -0.05) is 30.3 Å². The standard InChI is InChI=1S/C13H15NO/c15-13-9-5-4-8-12(14-13)10-11-6-2-1-3-7-11/h1-3,6-7,10H,4-5,8-9H2,(H,14,15)/b12-10-. The van der Waals surface area contributed by atoms with Crippen molar-refractivity contribution in [1.82, 2.24) is 5.32 Å². The van der Waals surface area contributed by atoms with Crippen LogP contribution in [0.4, 0.5) is 0 Å². The first-order valence-corrected chi connectivity index (χ1v) is 5.40. The molecule has 0 aromatic heterocycles. The van der Waals surface area contributed by atoms with Crippen molar-refractivity contribution in [3.63, 3.8) is 0 Å². The van der Waals surface area contributed by atoms with Crippen LogP contribution < -0.4 is 5.32 Å². The van der Waals surface area contributed by atoms with E-state index in [1.807, 2.05) is 30.3 Å². The zero-order chi connectivity index (χ0) is 10.5. The van der Waals surface area contributed by atoms with Gasteiger partial charge in [0.05, 0.1) is 0 Å². The third-order valence-corrected chi connectivity index (χ3v) is 2.54. The van der Waals surface area contributed by atoms with Gasteiger partial charge in [0.2, 0.25) is 5.91 Å². The Hall–Kier alpha value is -1.57. The van der Waals surface area contributed by atoms with Gasteiger partial charge in [0, 0.05) is 12.1 Å². The molecule has 0 unspecified atom stereocenters. The monoisotopic (exact) mass is 201 g/mol. The van der Waals surface area contributed by atoms with Crippen LogP contribution in [0.2, 0.25) is 0 Å². The van der Waals surface area contributed by atoms with Gasteiger partial charge in [-0.25, -0.2) is 0 Å². The van der Waals surface area contributed by atoms with Gasteiger partial charge < -0.3 is 5.32 Å². The topological polar surface area (TPSA) is 29.1 Å². The van der Waals surface area contributed by atoms with Crippen molar-refractivity contribution in [2.75, 3.05) is 0 Å². The van der Waals surface area contributed by atoms with Crippen molar-refractivity contribution in [2.24, 2.45) is 0 Å². The molecule has 15 heavy (non-hydrogen) atoms. The number of rotatable bonds is 1. The summed E-state index contributed by atoms with van der Waals surface area (Å²) >= 11 is 0. The lowest BCUT2D eigenvalue weighted by molar-refractivity contribution is -0.120. The Morgan fingerprint density at radius 1 is 1.07 bits per heavy atom. The summed E-state index contributed by atoms with van der Waals surface area (Å²) in [5.74, 6) is 0.148. The van der Waals surface area contributed by atoms with Gasteiger partial charge in [0.25, 0.3) is 0 Å². The molecule has 2 nitrogen and oxygen atoms in total. The molecule has 0 atom stereocenters. The first-order chi connectivity index (χ1) is 7.34. The highest BCUT2D eigenvalue weighted by Crippen LogP contribution is 2.15. The van der Waals surface area contributed by atoms with E-state index in [2.05, 4.69) is 11.4 Å². The maximum absolute atomic E-state index is 11.3. The second kappa shape index (κ2) is 4.78. The Morgan fingerprint density at radius 3 is 2.60 bits per heavy atom. The lowest BCUT2D eigenvalue weighted by atomic mass is 10.1. The van der Waals surface area contributed by atoms with Gasteiger partial charge in [-0.05, 0) is 30.9 Å². The Balaban J connectivity index is 2.15. The van der Waals surface area contributed by atoms with Crippen LogP contribution >= 0.6 is 0 Å². The molecule has 0 radical (unpaired) electrons. The summed E-state index contributed by atoms with van der Waals surface area (Å²) in [6.07, 6.45) is 5.78. The average molecular weight is 201 g/mol. The molecule has 1 heterocycles. The lowest BCUT2D eigenvalue weighted by Crippen LogP contribution is -2.19. The minimum absolute atomic E-state index is 0.148. The minimum Gasteiger partial charge on any atom is -0.330 e. The van der Waals surface area contributed by atoms with E-state index in [4.69, 9.17) is 0 Å². The van der Waals surface area contributed by atoms with Crippen LogP contribution in [0, 0.1) is 0 Å². The van der Waals surface area contributed by atoms with E-state index in [9.17, 15) is 4.79 Å². The van der Waals surface area contributed by atoms with Crippen molar-refractivity contribution in [2.45, 2.75) is 25.7 Å². The molecule has 1 aliphatic heterocycles. The van der Waals surface area contributed by atoms with Gasteiger partial charge >= 0.3 is 0 Å². The van der Waals surface area contributed by atoms with Crippen LogP contribution in [0.15, 0.2) is 36.0 Å². The summed E-state index contributed by atoms with van der Waals surface area (Å²) in [5.41, 5.74) is 2.19. The molecule has 0 saturated carbocycles. The predicted molar refractivity (Wildman–Crippen MR) is 61.0 cm³/mol. The van der Waals surface area contributed by atoms with E-state index in [1.54, 1.807) is 0 Å².